The van der Waals surface area contributed by atoms with Gasteiger partial charge < -0.3 is 9.84 Å². The third-order valence-electron chi connectivity index (χ3n) is 5.07. The molecule has 28 heavy (non-hydrogen) atoms. The molecular formula is C21H18ClN3O2S. The van der Waals surface area contributed by atoms with Gasteiger partial charge in [0.2, 0.25) is 0 Å². The summed E-state index contributed by atoms with van der Waals surface area (Å²) in [5, 5.41) is 17.7. The van der Waals surface area contributed by atoms with Crippen molar-refractivity contribution in [3.63, 3.8) is 0 Å². The third-order valence-corrected chi connectivity index (χ3v) is 6.57. The number of nitrogens with zero attached hydrogens (tertiary/aromatic N) is 2. The summed E-state index contributed by atoms with van der Waals surface area (Å²) in [4.78, 5) is 14.3. The Morgan fingerprint density at radius 3 is 2.96 bits per heavy atom. The summed E-state index contributed by atoms with van der Waals surface area (Å²) in [6.45, 7) is 3.90. The zero-order valence-electron chi connectivity index (χ0n) is 15.5. The number of amides is 1. The average molecular weight is 412 g/mol. The van der Waals surface area contributed by atoms with Crippen LogP contribution in [0.3, 0.4) is 0 Å². The molecule has 1 aliphatic rings. The monoisotopic (exact) mass is 411 g/mol. The number of fused-ring (bicyclic) bond motifs is 1. The molecule has 2 heterocycles. The summed E-state index contributed by atoms with van der Waals surface area (Å²) in [5.41, 5.74) is 3.01. The number of halogens is 1. The van der Waals surface area contributed by atoms with E-state index in [9.17, 15) is 10.1 Å². The van der Waals surface area contributed by atoms with Crippen LogP contribution in [-0.2, 0) is 12.8 Å². The van der Waals surface area contributed by atoms with Crippen LogP contribution in [0.4, 0.5) is 5.00 Å². The van der Waals surface area contributed by atoms with E-state index in [1.54, 1.807) is 19.1 Å². The van der Waals surface area contributed by atoms with E-state index in [1.807, 2.05) is 12.1 Å². The van der Waals surface area contributed by atoms with Gasteiger partial charge in [-0.2, -0.15) is 5.26 Å². The van der Waals surface area contributed by atoms with Gasteiger partial charge in [0, 0.05) is 10.4 Å². The molecule has 0 spiro atoms. The van der Waals surface area contributed by atoms with Crippen LogP contribution in [0, 0.1) is 24.2 Å². The molecule has 0 fully saturated rings. The predicted molar refractivity (Wildman–Crippen MR) is 110 cm³/mol. The molecule has 0 bridgehead atoms. The fourth-order valence-electron chi connectivity index (χ4n) is 3.60. The molecule has 2 aromatic heterocycles. The van der Waals surface area contributed by atoms with Crippen LogP contribution in [-0.4, -0.2) is 11.1 Å². The number of nitrogens with one attached hydrogen (secondary N) is 1. The molecule has 4 rings (SSSR count). The normalized spacial score (nSPS) is 15.7. The molecule has 0 saturated carbocycles. The summed E-state index contributed by atoms with van der Waals surface area (Å²) in [7, 11) is 0. The van der Waals surface area contributed by atoms with Crippen molar-refractivity contribution in [1.29, 1.82) is 5.26 Å². The van der Waals surface area contributed by atoms with Crippen LogP contribution >= 0.6 is 22.9 Å². The molecule has 1 N–H and O–H groups in total. The lowest BCUT2D eigenvalue weighted by atomic mass is 9.88. The largest absolute Gasteiger partial charge is 0.360 e. The number of rotatable bonds is 3. The highest BCUT2D eigenvalue weighted by Gasteiger charge is 2.27. The van der Waals surface area contributed by atoms with Crippen molar-refractivity contribution in [3.05, 3.63) is 56.6 Å². The first kappa shape index (κ1) is 18.7. The van der Waals surface area contributed by atoms with E-state index in [1.165, 1.54) is 16.2 Å². The molecule has 0 aliphatic heterocycles. The maximum atomic E-state index is 13.1. The van der Waals surface area contributed by atoms with Crippen molar-refractivity contribution < 1.29 is 9.32 Å². The quantitative estimate of drug-likeness (QED) is 0.607. The highest BCUT2D eigenvalue weighted by atomic mass is 35.5. The number of aryl methyl sites for hydroxylation is 1. The molecule has 7 heteroatoms. The van der Waals surface area contributed by atoms with Crippen LogP contribution in [0.25, 0.3) is 11.3 Å². The number of nitriles is 1. The first-order chi connectivity index (χ1) is 13.5. The number of aromatic nitrogens is 1. The minimum atomic E-state index is -0.350. The number of carbonyl (C=O) groups excluding carboxylic acids is 1. The van der Waals surface area contributed by atoms with E-state index in [-0.39, 0.29) is 5.91 Å². The van der Waals surface area contributed by atoms with Gasteiger partial charge in [0.05, 0.1) is 10.6 Å². The Kier molecular flexibility index (Phi) is 4.96. The van der Waals surface area contributed by atoms with E-state index in [0.717, 1.165) is 24.8 Å². The number of carbonyl (C=O) groups is 1. The van der Waals surface area contributed by atoms with Crippen molar-refractivity contribution in [2.45, 2.75) is 33.1 Å². The number of anilines is 1. The van der Waals surface area contributed by atoms with Crippen molar-refractivity contribution >= 4 is 33.8 Å². The van der Waals surface area contributed by atoms with E-state index in [4.69, 9.17) is 16.1 Å². The van der Waals surface area contributed by atoms with E-state index >= 15 is 0 Å². The summed E-state index contributed by atoms with van der Waals surface area (Å²) in [6.07, 6.45) is 2.89. The molecule has 0 unspecified atom stereocenters. The average Bonchev–Trinajstić information content (AvgIpc) is 3.21. The highest BCUT2D eigenvalue weighted by molar-refractivity contribution is 7.16. The van der Waals surface area contributed by atoms with Gasteiger partial charge in [-0.1, -0.05) is 41.9 Å². The Morgan fingerprint density at radius 2 is 2.21 bits per heavy atom. The smallest absolute Gasteiger partial charge is 0.262 e. The second-order valence-electron chi connectivity index (χ2n) is 7.06. The van der Waals surface area contributed by atoms with Gasteiger partial charge in [-0.3, -0.25) is 4.79 Å². The lowest BCUT2D eigenvalue weighted by molar-refractivity contribution is 0.102. The molecule has 142 valence electrons. The van der Waals surface area contributed by atoms with E-state index < -0.39 is 0 Å². The summed E-state index contributed by atoms with van der Waals surface area (Å²) in [6, 6.07) is 9.45. The van der Waals surface area contributed by atoms with Crippen molar-refractivity contribution in [1.82, 2.24) is 5.16 Å². The van der Waals surface area contributed by atoms with Crippen LogP contribution < -0.4 is 5.32 Å². The summed E-state index contributed by atoms with van der Waals surface area (Å²) >= 11 is 7.78. The van der Waals surface area contributed by atoms with Gasteiger partial charge in [0.1, 0.15) is 28.1 Å². The number of benzene rings is 1. The molecular weight excluding hydrogens is 394 g/mol. The molecule has 0 radical (unpaired) electrons. The van der Waals surface area contributed by atoms with Crippen LogP contribution in [0.15, 0.2) is 28.8 Å². The molecule has 1 aliphatic carbocycles. The Hall–Kier alpha value is -2.62. The van der Waals surface area contributed by atoms with Gasteiger partial charge in [0.25, 0.3) is 5.91 Å². The first-order valence-corrected chi connectivity index (χ1v) is 10.3. The Balaban J connectivity index is 1.71. The SMILES string of the molecule is Cc1onc(-c2ccccc2Cl)c1C(=O)Nc1sc2c(c1C#N)CC[C@@H](C)C2. The first-order valence-electron chi connectivity index (χ1n) is 9.06. The van der Waals surface area contributed by atoms with Gasteiger partial charge in [-0.05, 0) is 43.7 Å². The zero-order valence-corrected chi connectivity index (χ0v) is 17.1. The predicted octanol–water partition coefficient (Wildman–Crippen LogP) is 5.61. The summed E-state index contributed by atoms with van der Waals surface area (Å²) < 4.78 is 5.28. The Bertz CT molecular complexity index is 1110. The lowest BCUT2D eigenvalue weighted by Crippen LogP contribution is -2.13. The topological polar surface area (TPSA) is 78.9 Å². The fourth-order valence-corrected chi connectivity index (χ4v) is 5.18. The Labute approximate surface area is 171 Å². The second-order valence-corrected chi connectivity index (χ2v) is 8.58. The van der Waals surface area contributed by atoms with Gasteiger partial charge >= 0.3 is 0 Å². The molecule has 1 amide bonds. The molecule has 3 aromatic rings. The lowest BCUT2D eigenvalue weighted by Gasteiger charge is -2.17. The second kappa shape index (κ2) is 7.42. The van der Waals surface area contributed by atoms with Crippen LogP contribution in [0.2, 0.25) is 5.02 Å². The van der Waals surface area contributed by atoms with E-state index in [2.05, 4.69) is 23.5 Å². The highest BCUT2D eigenvalue weighted by Crippen LogP contribution is 2.40. The minimum absolute atomic E-state index is 0.330. The van der Waals surface area contributed by atoms with Crippen LogP contribution in [0.1, 0.15) is 45.5 Å². The maximum Gasteiger partial charge on any atom is 0.262 e. The van der Waals surface area contributed by atoms with Gasteiger partial charge in [0.15, 0.2) is 0 Å². The fraction of sp³-hybridized carbons (Fsp3) is 0.286. The molecule has 1 atom stereocenters. The maximum absolute atomic E-state index is 13.1. The van der Waals surface area contributed by atoms with Crippen molar-refractivity contribution in [2.24, 2.45) is 5.92 Å². The minimum Gasteiger partial charge on any atom is -0.360 e. The number of hydrogen-bond donors (Lipinski definition) is 1. The Morgan fingerprint density at radius 1 is 1.43 bits per heavy atom. The third kappa shape index (κ3) is 3.21. The number of thiophene rings is 1. The molecule has 1 aromatic carbocycles. The zero-order chi connectivity index (χ0) is 19.8. The van der Waals surface area contributed by atoms with E-state index in [0.29, 0.717) is 44.1 Å². The standard InChI is InChI=1S/C21H18ClN3O2S/c1-11-7-8-13-15(10-23)21(28-17(13)9-11)24-20(26)18-12(2)27-25-19(18)14-5-3-4-6-16(14)22/h3-6,11H,7-9H2,1-2H3,(H,24,26)/t11-/m1/s1. The van der Waals surface area contributed by atoms with Crippen molar-refractivity contribution in [3.8, 4) is 17.3 Å². The summed E-state index contributed by atoms with van der Waals surface area (Å²) in [5.74, 6) is 0.645. The molecule has 5 nitrogen and oxygen atoms in total. The van der Waals surface area contributed by atoms with Gasteiger partial charge in [-0.15, -0.1) is 11.3 Å². The number of hydrogen-bond acceptors (Lipinski definition) is 5. The van der Waals surface area contributed by atoms with Gasteiger partial charge in [-0.25, -0.2) is 0 Å². The van der Waals surface area contributed by atoms with Crippen LogP contribution in [0.5, 0.6) is 0 Å². The molecule has 0 saturated heterocycles. The van der Waals surface area contributed by atoms with Crippen molar-refractivity contribution in [2.75, 3.05) is 5.32 Å².